The minimum absolute atomic E-state index is 0.266. The fourth-order valence-electron chi connectivity index (χ4n) is 2.80. The third-order valence-electron chi connectivity index (χ3n) is 4.18. The zero-order valence-electron chi connectivity index (χ0n) is 13.0. The molecule has 1 fully saturated rings. The normalized spacial score (nSPS) is 19.5. The van der Waals surface area contributed by atoms with E-state index >= 15 is 0 Å². The van der Waals surface area contributed by atoms with Crippen LogP contribution in [0.3, 0.4) is 0 Å². The van der Waals surface area contributed by atoms with Gasteiger partial charge in [-0.2, -0.15) is 4.98 Å². The Bertz CT molecular complexity index is 1000. The first-order valence-corrected chi connectivity index (χ1v) is 8.11. The molecule has 6 heteroatoms. The SMILES string of the molecule is Cc1ccc2c(N[C@@H]3C[C@H]3F)nc(=O)n(-c3ccccc3Cl)c2c1. The van der Waals surface area contributed by atoms with Gasteiger partial charge in [0.1, 0.15) is 12.0 Å². The number of nitrogens with one attached hydrogen (secondary N) is 1. The highest BCUT2D eigenvalue weighted by Crippen LogP contribution is 2.32. The first-order chi connectivity index (χ1) is 11.5. The second-order valence-corrected chi connectivity index (χ2v) is 6.46. The smallest absolute Gasteiger partial charge is 0.354 e. The van der Waals surface area contributed by atoms with Crippen molar-refractivity contribution >= 4 is 28.3 Å². The first kappa shape index (κ1) is 15.1. The molecule has 24 heavy (non-hydrogen) atoms. The van der Waals surface area contributed by atoms with Gasteiger partial charge >= 0.3 is 5.69 Å². The average molecular weight is 344 g/mol. The molecule has 1 aromatic heterocycles. The third-order valence-corrected chi connectivity index (χ3v) is 4.50. The molecule has 2 aromatic carbocycles. The molecule has 0 amide bonds. The van der Waals surface area contributed by atoms with Crippen LogP contribution in [0.2, 0.25) is 5.02 Å². The largest absolute Gasteiger partial charge is 0.364 e. The van der Waals surface area contributed by atoms with Crippen molar-refractivity contribution in [2.75, 3.05) is 5.32 Å². The summed E-state index contributed by atoms with van der Waals surface area (Å²) in [5.41, 5.74) is 1.84. The summed E-state index contributed by atoms with van der Waals surface area (Å²) in [6.07, 6.45) is -0.430. The monoisotopic (exact) mass is 343 g/mol. The predicted molar refractivity (Wildman–Crippen MR) is 94.0 cm³/mol. The van der Waals surface area contributed by atoms with E-state index in [4.69, 9.17) is 11.6 Å². The molecule has 1 N–H and O–H groups in total. The topological polar surface area (TPSA) is 46.9 Å². The lowest BCUT2D eigenvalue weighted by molar-refractivity contribution is 0.472. The van der Waals surface area contributed by atoms with Crippen molar-refractivity contribution < 1.29 is 4.39 Å². The van der Waals surface area contributed by atoms with Crippen molar-refractivity contribution in [3.63, 3.8) is 0 Å². The number of hydrogen-bond donors (Lipinski definition) is 1. The van der Waals surface area contributed by atoms with Crippen LogP contribution >= 0.6 is 11.6 Å². The van der Waals surface area contributed by atoms with E-state index in [0.717, 1.165) is 10.9 Å². The molecular weight excluding hydrogens is 329 g/mol. The molecule has 0 radical (unpaired) electrons. The van der Waals surface area contributed by atoms with Crippen LogP contribution in [0.15, 0.2) is 47.3 Å². The average Bonchev–Trinajstić information content (AvgIpc) is 3.23. The number of benzene rings is 2. The van der Waals surface area contributed by atoms with Crippen LogP contribution in [0.4, 0.5) is 10.2 Å². The summed E-state index contributed by atoms with van der Waals surface area (Å²) in [5, 5.41) is 4.26. The molecule has 122 valence electrons. The number of halogens is 2. The second-order valence-electron chi connectivity index (χ2n) is 6.05. The Labute approximate surface area is 142 Å². The van der Waals surface area contributed by atoms with Gasteiger partial charge in [-0.05, 0) is 36.8 Å². The van der Waals surface area contributed by atoms with E-state index in [-0.39, 0.29) is 6.04 Å². The van der Waals surface area contributed by atoms with Gasteiger partial charge in [0.2, 0.25) is 0 Å². The highest BCUT2D eigenvalue weighted by Gasteiger charge is 2.38. The maximum absolute atomic E-state index is 13.2. The quantitative estimate of drug-likeness (QED) is 0.785. The summed E-state index contributed by atoms with van der Waals surface area (Å²) < 4.78 is 14.7. The molecule has 4 nitrogen and oxygen atoms in total. The molecule has 1 aliphatic rings. The van der Waals surface area contributed by atoms with Gasteiger partial charge in [0.15, 0.2) is 0 Å². The van der Waals surface area contributed by atoms with E-state index in [2.05, 4.69) is 10.3 Å². The van der Waals surface area contributed by atoms with E-state index in [0.29, 0.717) is 28.5 Å². The molecule has 0 bridgehead atoms. The molecule has 0 aliphatic heterocycles. The minimum Gasteiger partial charge on any atom is -0.364 e. The van der Waals surface area contributed by atoms with Crippen molar-refractivity contribution in [2.24, 2.45) is 0 Å². The standard InChI is InChI=1S/C18H15ClFN3O/c1-10-6-7-11-16(8-10)23(15-5-3-2-4-12(15)19)18(24)22-17(11)21-14-9-13(14)20/h2-8,13-14H,9H2,1H3,(H,21,22,24)/t13-,14-/m1/s1. The number of aryl methyl sites for hydroxylation is 1. The van der Waals surface area contributed by atoms with E-state index in [1.54, 1.807) is 12.1 Å². The molecule has 0 saturated heterocycles. The van der Waals surface area contributed by atoms with Crippen LogP contribution in [0.5, 0.6) is 0 Å². The van der Waals surface area contributed by atoms with Gasteiger partial charge in [0, 0.05) is 11.8 Å². The lowest BCUT2D eigenvalue weighted by Gasteiger charge is -2.15. The molecule has 4 rings (SSSR count). The van der Waals surface area contributed by atoms with Gasteiger partial charge in [-0.25, -0.2) is 9.18 Å². The van der Waals surface area contributed by atoms with E-state index < -0.39 is 11.9 Å². The number of fused-ring (bicyclic) bond motifs is 1. The molecule has 2 atom stereocenters. The number of alkyl halides is 1. The molecule has 1 saturated carbocycles. The lowest BCUT2D eigenvalue weighted by atomic mass is 10.1. The number of anilines is 1. The number of nitrogens with zero attached hydrogens (tertiary/aromatic N) is 2. The van der Waals surface area contributed by atoms with Gasteiger partial charge in [-0.1, -0.05) is 29.8 Å². The first-order valence-electron chi connectivity index (χ1n) is 7.73. The number of rotatable bonds is 3. The Morgan fingerprint density at radius 1 is 1.29 bits per heavy atom. The second kappa shape index (κ2) is 5.60. The Balaban J connectivity index is 1.99. The number of para-hydroxylation sites is 1. The van der Waals surface area contributed by atoms with Crippen LogP contribution in [-0.2, 0) is 0 Å². The fraction of sp³-hybridized carbons (Fsp3) is 0.222. The number of hydrogen-bond acceptors (Lipinski definition) is 3. The highest BCUT2D eigenvalue weighted by atomic mass is 35.5. The van der Waals surface area contributed by atoms with E-state index in [9.17, 15) is 9.18 Å². The molecular formula is C18H15ClFN3O. The predicted octanol–water partition coefficient (Wildman–Crippen LogP) is 3.87. The molecule has 1 heterocycles. The Kier molecular flexibility index (Phi) is 3.53. The van der Waals surface area contributed by atoms with Crippen LogP contribution in [-0.4, -0.2) is 21.8 Å². The summed E-state index contributed by atoms with van der Waals surface area (Å²) in [6.45, 7) is 1.95. The Morgan fingerprint density at radius 3 is 2.75 bits per heavy atom. The van der Waals surface area contributed by atoms with Crippen LogP contribution in [0.25, 0.3) is 16.6 Å². The molecule has 0 unspecified atom stereocenters. The fourth-order valence-corrected chi connectivity index (χ4v) is 3.02. The lowest BCUT2D eigenvalue weighted by Crippen LogP contribution is -2.24. The van der Waals surface area contributed by atoms with Gasteiger partial charge < -0.3 is 5.32 Å². The summed E-state index contributed by atoms with van der Waals surface area (Å²) >= 11 is 6.27. The van der Waals surface area contributed by atoms with Gasteiger partial charge in [-0.15, -0.1) is 0 Å². The van der Waals surface area contributed by atoms with E-state index in [1.165, 1.54) is 4.57 Å². The van der Waals surface area contributed by atoms with Gasteiger partial charge in [0.05, 0.1) is 22.3 Å². The van der Waals surface area contributed by atoms with Gasteiger partial charge in [0.25, 0.3) is 0 Å². The Morgan fingerprint density at radius 2 is 2.04 bits per heavy atom. The van der Waals surface area contributed by atoms with Crippen molar-refractivity contribution in [2.45, 2.75) is 25.6 Å². The summed E-state index contributed by atoms with van der Waals surface area (Å²) in [7, 11) is 0. The van der Waals surface area contributed by atoms with Crippen molar-refractivity contribution in [3.8, 4) is 5.69 Å². The molecule has 0 spiro atoms. The molecule has 1 aliphatic carbocycles. The van der Waals surface area contributed by atoms with Gasteiger partial charge in [-0.3, -0.25) is 4.57 Å². The molecule has 3 aromatic rings. The van der Waals surface area contributed by atoms with Crippen LogP contribution in [0, 0.1) is 6.92 Å². The maximum atomic E-state index is 13.2. The maximum Gasteiger partial charge on any atom is 0.354 e. The van der Waals surface area contributed by atoms with Crippen molar-refractivity contribution in [1.82, 2.24) is 9.55 Å². The van der Waals surface area contributed by atoms with Crippen LogP contribution < -0.4 is 11.0 Å². The Hall–Kier alpha value is -2.40. The zero-order chi connectivity index (χ0) is 16.8. The van der Waals surface area contributed by atoms with Crippen LogP contribution in [0.1, 0.15) is 12.0 Å². The van der Waals surface area contributed by atoms with Crippen molar-refractivity contribution in [3.05, 3.63) is 63.5 Å². The highest BCUT2D eigenvalue weighted by molar-refractivity contribution is 6.32. The van der Waals surface area contributed by atoms with E-state index in [1.807, 2.05) is 37.3 Å². The minimum atomic E-state index is -0.877. The van der Waals surface area contributed by atoms with Crippen molar-refractivity contribution in [1.29, 1.82) is 0 Å². The number of aromatic nitrogens is 2. The summed E-state index contributed by atoms with van der Waals surface area (Å²) in [4.78, 5) is 16.8. The third kappa shape index (κ3) is 2.55. The zero-order valence-corrected chi connectivity index (χ0v) is 13.7. The summed E-state index contributed by atoms with van der Waals surface area (Å²) in [5.74, 6) is 0.420. The summed E-state index contributed by atoms with van der Waals surface area (Å²) in [6, 6.07) is 12.6.